The minimum atomic E-state index is -3.24. The van der Waals surface area contributed by atoms with Crippen molar-refractivity contribution in [3.8, 4) is 5.75 Å². The maximum absolute atomic E-state index is 14.8. The number of sulfonamides is 1. The molecule has 3 aromatic carbocycles. The summed E-state index contributed by atoms with van der Waals surface area (Å²) in [6, 6.07) is 17.3. The quantitative estimate of drug-likeness (QED) is 0.514. The Hall–Kier alpha value is -2.55. The molecule has 0 amide bonds. The van der Waals surface area contributed by atoms with Gasteiger partial charge in [0.05, 0.1) is 6.26 Å². The Labute approximate surface area is 199 Å². The van der Waals surface area contributed by atoms with Gasteiger partial charge in [0.15, 0.2) is 17.4 Å². The van der Waals surface area contributed by atoms with E-state index in [0.29, 0.717) is 44.6 Å². The van der Waals surface area contributed by atoms with Crippen LogP contribution in [0.3, 0.4) is 0 Å². The summed E-state index contributed by atoms with van der Waals surface area (Å²) in [5.74, 6) is -1.80. The molecule has 3 aromatic rings. The zero-order valence-corrected chi connectivity index (χ0v) is 19.9. The van der Waals surface area contributed by atoms with Gasteiger partial charge in [-0.1, -0.05) is 36.4 Å². The number of nitrogens with zero attached hydrogens (tertiary/aromatic N) is 2. The van der Waals surface area contributed by atoms with Gasteiger partial charge in [0, 0.05) is 32.7 Å². The maximum Gasteiger partial charge on any atom is 0.211 e. The number of rotatable bonds is 6. The minimum Gasteiger partial charge on any atom is -0.482 e. The largest absolute Gasteiger partial charge is 0.482 e. The van der Waals surface area contributed by atoms with Gasteiger partial charge in [-0.05, 0) is 58.9 Å². The first kappa shape index (κ1) is 23.2. The van der Waals surface area contributed by atoms with Gasteiger partial charge in [-0.3, -0.25) is 4.90 Å². The van der Waals surface area contributed by atoms with E-state index in [0.717, 1.165) is 6.54 Å². The van der Waals surface area contributed by atoms with E-state index >= 15 is 0 Å². The van der Waals surface area contributed by atoms with Crippen molar-refractivity contribution >= 4 is 20.8 Å². The lowest BCUT2D eigenvalue weighted by molar-refractivity contribution is 0.00990. The SMILES string of the molecule is CS(=O)(=O)N1CCC(c2cc(F)c(OC3CN(Cc4ccc5ccccc5c4)C3)c(F)c2)CC1. The van der Waals surface area contributed by atoms with Gasteiger partial charge < -0.3 is 4.74 Å². The van der Waals surface area contributed by atoms with Crippen molar-refractivity contribution in [3.05, 3.63) is 77.4 Å². The Morgan fingerprint density at radius 3 is 2.24 bits per heavy atom. The third-order valence-corrected chi connectivity index (χ3v) is 8.15. The third-order valence-electron chi connectivity index (χ3n) is 6.84. The topological polar surface area (TPSA) is 49.9 Å². The van der Waals surface area contributed by atoms with Crippen LogP contribution >= 0.6 is 0 Å². The second-order valence-corrected chi connectivity index (χ2v) is 11.3. The molecule has 0 bridgehead atoms. The number of ether oxygens (including phenoxy) is 1. The summed E-state index contributed by atoms with van der Waals surface area (Å²) in [7, 11) is -3.24. The lowest BCUT2D eigenvalue weighted by Crippen LogP contribution is -2.53. The van der Waals surface area contributed by atoms with E-state index in [-0.39, 0.29) is 17.8 Å². The van der Waals surface area contributed by atoms with E-state index < -0.39 is 21.7 Å². The van der Waals surface area contributed by atoms with Crippen molar-refractivity contribution < 1.29 is 21.9 Å². The van der Waals surface area contributed by atoms with Crippen molar-refractivity contribution in [2.45, 2.75) is 31.4 Å². The summed E-state index contributed by atoms with van der Waals surface area (Å²) in [6.45, 7) is 2.70. The number of fused-ring (bicyclic) bond motifs is 1. The lowest BCUT2D eigenvalue weighted by Gasteiger charge is -2.39. The van der Waals surface area contributed by atoms with E-state index in [4.69, 9.17) is 4.74 Å². The summed E-state index contributed by atoms with van der Waals surface area (Å²) >= 11 is 0. The lowest BCUT2D eigenvalue weighted by atomic mass is 9.90. The summed E-state index contributed by atoms with van der Waals surface area (Å²) in [6.07, 6.45) is 2.01. The molecule has 0 radical (unpaired) electrons. The molecule has 2 aliphatic rings. The molecule has 5 nitrogen and oxygen atoms in total. The fraction of sp³-hybridized carbons (Fsp3) is 0.385. The average molecular weight is 487 g/mol. The van der Waals surface area contributed by atoms with Crippen molar-refractivity contribution in [2.75, 3.05) is 32.4 Å². The summed E-state index contributed by atoms with van der Waals surface area (Å²) < 4.78 is 60.0. The number of piperidine rings is 1. The van der Waals surface area contributed by atoms with Gasteiger partial charge in [0.1, 0.15) is 6.10 Å². The molecule has 0 N–H and O–H groups in total. The molecular weight excluding hydrogens is 458 g/mol. The van der Waals surface area contributed by atoms with Crippen LogP contribution in [-0.2, 0) is 16.6 Å². The summed E-state index contributed by atoms with van der Waals surface area (Å²) in [4.78, 5) is 2.19. The molecule has 0 atom stereocenters. The van der Waals surface area contributed by atoms with Crippen molar-refractivity contribution in [2.24, 2.45) is 0 Å². The smallest absolute Gasteiger partial charge is 0.211 e. The molecule has 5 rings (SSSR count). The zero-order chi connectivity index (χ0) is 23.9. The number of hydrogen-bond acceptors (Lipinski definition) is 4. The molecule has 0 unspecified atom stereocenters. The van der Waals surface area contributed by atoms with Crippen LogP contribution < -0.4 is 4.74 Å². The molecule has 0 spiro atoms. The highest BCUT2D eigenvalue weighted by Crippen LogP contribution is 2.34. The molecule has 0 aromatic heterocycles. The van der Waals surface area contributed by atoms with E-state index in [1.807, 2.05) is 12.1 Å². The van der Waals surface area contributed by atoms with E-state index in [1.165, 1.54) is 39.0 Å². The predicted octanol–water partition coefficient (Wildman–Crippen LogP) is 4.52. The molecule has 0 aliphatic carbocycles. The van der Waals surface area contributed by atoms with Crippen LogP contribution in [0, 0.1) is 11.6 Å². The Morgan fingerprint density at radius 2 is 1.59 bits per heavy atom. The standard InChI is InChI=1S/C26H28F2N2O3S/c1-34(31,32)30-10-8-20(9-11-30)22-13-24(27)26(25(28)14-22)33-23-16-29(17-23)15-18-6-7-19-4-2-3-5-21(19)12-18/h2-7,12-14,20,23H,8-11,15-17H2,1H3. The van der Waals surface area contributed by atoms with Crippen molar-refractivity contribution in [1.29, 1.82) is 0 Å². The first-order chi connectivity index (χ1) is 16.3. The Kier molecular flexibility index (Phi) is 6.31. The van der Waals surface area contributed by atoms with Crippen molar-refractivity contribution in [1.82, 2.24) is 9.21 Å². The van der Waals surface area contributed by atoms with Gasteiger partial charge in [-0.2, -0.15) is 0 Å². The fourth-order valence-electron chi connectivity index (χ4n) is 4.94. The molecule has 180 valence electrons. The van der Waals surface area contributed by atoms with Crippen LogP contribution in [0.5, 0.6) is 5.75 Å². The van der Waals surface area contributed by atoms with E-state index in [2.05, 4.69) is 35.2 Å². The zero-order valence-electron chi connectivity index (χ0n) is 19.1. The highest BCUT2D eigenvalue weighted by molar-refractivity contribution is 7.88. The highest BCUT2D eigenvalue weighted by atomic mass is 32.2. The molecule has 34 heavy (non-hydrogen) atoms. The monoisotopic (exact) mass is 486 g/mol. The number of halogens is 2. The Morgan fingerprint density at radius 1 is 0.941 bits per heavy atom. The number of likely N-dealkylation sites (tertiary alicyclic amines) is 1. The highest BCUT2D eigenvalue weighted by Gasteiger charge is 2.31. The maximum atomic E-state index is 14.8. The van der Waals surface area contributed by atoms with Crippen LogP contribution in [0.2, 0.25) is 0 Å². The second kappa shape index (κ2) is 9.24. The molecule has 8 heteroatoms. The normalized spacial score (nSPS) is 18.8. The number of benzene rings is 3. The molecular formula is C26H28F2N2O3S. The van der Waals surface area contributed by atoms with Crippen LogP contribution in [-0.4, -0.2) is 56.2 Å². The Balaban J connectivity index is 1.17. The van der Waals surface area contributed by atoms with Crippen LogP contribution in [0.1, 0.15) is 29.9 Å². The van der Waals surface area contributed by atoms with Gasteiger partial charge in [0.2, 0.25) is 10.0 Å². The van der Waals surface area contributed by atoms with Crippen LogP contribution in [0.15, 0.2) is 54.6 Å². The van der Waals surface area contributed by atoms with Gasteiger partial charge in [0.25, 0.3) is 0 Å². The summed E-state index contributed by atoms with van der Waals surface area (Å²) in [5.41, 5.74) is 1.75. The van der Waals surface area contributed by atoms with Gasteiger partial charge >= 0.3 is 0 Å². The average Bonchev–Trinajstić information content (AvgIpc) is 2.78. The predicted molar refractivity (Wildman–Crippen MR) is 128 cm³/mol. The van der Waals surface area contributed by atoms with Gasteiger partial charge in [-0.25, -0.2) is 21.5 Å². The second-order valence-electron chi connectivity index (χ2n) is 9.37. The van der Waals surface area contributed by atoms with Crippen LogP contribution in [0.4, 0.5) is 8.78 Å². The minimum absolute atomic E-state index is 0.0720. The first-order valence-electron chi connectivity index (χ1n) is 11.6. The molecule has 2 heterocycles. The molecule has 2 fully saturated rings. The number of hydrogen-bond donors (Lipinski definition) is 0. The Bertz CT molecular complexity index is 1280. The van der Waals surface area contributed by atoms with E-state index in [9.17, 15) is 17.2 Å². The van der Waals surface area contributed by atoms with E-state index in [1.54, 1.807) is 0 Å². The first-order valence-corrected chi connectivity index (χ1v) is 13.4. The summed E-state index contributed by atoms with van der Waals surface area (Å²) in [5, 5.41) is 2.39. The molecule has 2 aliphatic heterocycles. The molecule has 0 saturated carbocycles. The van der Waals surface area contributed by atoms with Crippen LogP contribution in [0.25, 0.3) is 10.8 Å². The van der Waals surface area contributed by atoms with Gasteiger partial charge in [-0.15, -0.1) is 0 Å². The third kappa shape index (κ3) is 4.94. The van der Waals surface area contributed by atoms with Crippen molar-refractivity contribution in [3.63, 3.8) is 0 Å². The molecule has 2 saturated heterocycles. The fourth-order valence-corrected chi connectivity index (χ4v) is 5.81.